The van der Waals surface area contributed by atoms with E-state index in [1.807, 2.05) is 11.8 Å². The van der Waals surface area contributed by atoms with Crippen LogP contribution in [0.25, 0.3) is 11.0 Å². The number of carbonyl (C=O) groups is 1. The van der Waals surface area contributed by atoms with E-state index in [0.717, 1.165) is 22.3 Å². The first-order chi connectivity index (χ1) is 16.0. The zero-order chi connectivity index (χ0) is 23.1. The Morgan fingerprint density at radius 3 is 2.76 bits per heavy atom. The van der Waals surface area contributed by atoms with Crippen molar-refractivity contribution in [1.29, 1.82) is 0 Å². The van der Waals surface area contributed by atoms with Crippen molar-refractivity contribution in [3.63, 3.8) is 0 Å². The molecule has 1 saturated heterocycles. The summed E-state index contributed by atoms with van der Waals surface area (Å²) in [5, 5.41) is 0. The number of nitrogens with one attached hydrogen (secondary N) is 1. The quantitative estimate of drug-likeness (QED) is 0.610. The van der Waals surface area contributed by atoms with E-state index < -0.39 is 11.9 Å². The molecule has 3 aromatic heterocycles. The first kappa shape index (κ1) is 21.6. The molecular formula is C23H27FN6O3. The van der Waals surface area contributed by atoms with Crippen molar-refractivity contribution in [3.05, 3.63) is 46.7 Å². The summed E-state index contributed by atoms with van der Waals surface area (Å²) in [7, 11) is 0. The number of morpholine rings is 1. The van der Waals surface area contributed by atoms with Crippen LogP contribution < -0.4 is 10.6 Å². The van der Waals surface area contributed by atoms with Gasteiger partial charge in [0, 0.05) is 36.8 Å². The number of H-pyrrole nitrogens is 1. The molecule has 0 spiro atoms. The predicted octanol–water partition coefficient (Wildman–Crippen LogP) is 2.77. The highest BCUT2D eigenvalue weighted by atomic mass is 19.1. The monoisotopic (exact) mass is 454 g/mol. The maximum atomic E-state index is 15.1. The third-order valence-corrected chi connectivity index (χ3v) is 6.43. The zero-order valence-corrected chi connectivity index (χ0v) is 18.7. The smallest absolute Gasteiger partial charge is 0.270 e. The fourth-order valence-corrected chi connectivity index (χ4v) is 4.59. The standard InChI is InChI=1S/C23H27FN6O3/c1-3-30(13(2)20-17(24)8-14(10-26-20)29-4-6-32-7-5-29)23(31)19-9-18-21(27-19)15-11-33-12-16(15)22(25)28-18/h8-10,13,27H,3-7,11-12H2,1-2H3,(H2,25,28). The van der Waals surface area contributed by atoms with E-state index in [1.54, 1.807) is 24.1 Å². The maximum absolute atomic E-state index is 15.1. The minimum Gasteiger partial charge on any atom is -0.383 e. The van der Waals surface area contributed by atoms with Crippen LogP contribution in [0.3, 0.4) is 0 Å². The molecule has 10 heteroatoms. The Labute approximate surface area is 190 Å². The van der Waals surface area contributed by atoms with Gasteiger partial charge in [-0.15, -0.1) is 0 Å². The molecule has 1 atom stereocenters. The van der Waals surface area contributed by atoms with Crippen LogP contribution in [0.5, 0.6) is 0 Å². The average Bonchev–Trinajstić information content (AvgIpc) is 3.47. The topological polar surface area (TPSA) is 110 Å². The average molecular weight is 455 g/mol. The van der Waals surface area contributed by atoms with Crippen LogP contribution in [0.4, 0.5) is 15.9 Å². The van der Waals surface area contributed by atoms with Crippen molar-refractivity contribution in [3.8, 4) is 0 Å². The zero-order valence-electron chi connectivity index (χ0n) is 18.7. The highest BCUT2D eigenvalue weighted by molar-refractivity contribution is 5.98. The molecule has 33 heavy (non-hydrogen) atoms. The number of rotatable bonds is 5. The fourth-order valence-electron chi connectivity index (χ4n) is 4.59. The van der Waals surface area contributed by atoms with Gasteiger partial charge in [0.05, 0.1) is 61.1 Å². The van der Waals surface area contributed by atoms with Gasteiger partial charge in [0.2, 0.25) is 0 Å². The second-order valence-corrected chi connectivity index (χ2v) is 8.32. The number of ether oxygens (including phenoxy) is 2. The third-order valence-electron chi connectivity index (χ3n) is 6.43. The normalized spacial score (nSPS) is 16.8. The Kier molecular flexibility index (Phi) is 5.63. The Hall–Kier alpha value is -3.24. The van der Waals surface area contributed by atoms with E-state index in [2.05, 4.69) is 15.0 Å². The van der Waals surface area contributed by atoms with Gasteiger partial charge in [0.25, 0.3) is 5.91 Å². The Morgan fingerprint density at radius 2 is 2.03 bits per heavy atom. The van der Waals surface area contributed by atoms with Crippen molar-refractivity contribution < 1.29 is 18.7 Å². The molecule has 5 heterocycles. The van der Waals surface area contributed by atoms with Crippen LogP contribution in [0.2, 0.25) is 0 Å². The number of carbonyl (C=O) groups excluding carboxylic acids is 1. The molecule has 0 bridgehead atoms. The number of fused-ring (bicyclic) bond motifs is 3. The van der Waals surface area contributed by atoms with Crippen molar-refractivity contribution in [2.24, 2.45) is 0 Å². The van der Waals surface area contributed by atoms with Gasteiger partial charge >= 0.3 is 0 Å². The molecule has 3 aromatic rings. The number of nitrogens with zero attached hydrogens (tertiary/aromatic N) is 4. The van der Waals surface area contributed by atoms with Gasteiger partial charge in [-0.2, -0.15) is 0 Å². The molecule has 0 aliphatic carbocycles. The van der Waals surface area contributed by atoms with Gasteiger partial charge in [0.1, 0.15) is 17.3 Å². The molecule has 2 aliphatic rings. The number of aromatic nitrogens is 3. The maximum Gasteiger partial charge on any atom is 0.270 e. The van der Waals surface area contributed by atoms with Crippen LogP contribution in [0.15, 0.2) is 18.3 Å². The molecule has 5 rings (SSSR count). The molecule has 3 N–H and O–H groups in total. The van der Waals surface area contributed by atoms with Crippen LogP contribution >= 0.6 is 0 Å². The number of nitrogen functional groups attached to an aromatic ring is 1. The van der Waals surface area contributed by atoms with Gasteiger partial charge in [-0.3, -0.25) is 9.78 Å². The molecular weight excluding hydrogens is 427 g/mol. The van der Waals surface area contributed by atoms with E-state index in [1.165, 1.54) is 6.07 Å². The first-order valence-corrected chi connectivity index (χ1v) is 11.1. The van der Waals surface area contributed by atoms with Crippen molar-refractivity contribution in [2.45, 2.75) is 33.1 Å². The number of hydrogen-bond acceptors (Lipinski definition) is 7. The molecule has 9 nitrogen and oxygen atoms in total. The largest absolute Gasteiger partial charge is 0.383 e. The molecule has 174 valence electrons. The lowest BCUT2D eigenvalue weighted by molar-refractivity contribution is 0.0691. The molecule has 0 saturated carbocycles. The Bertz CT molecular complexity index is 1210. The summed E-state index contributed by atoms with van der Waals surface area (Å²) in [5.74, 6) is -0.271. The lowest BCUT2D eigenvalue weighted by Gasteiger charge is -2.30. The second kappa shape index (κ2) is 8.60. The number of halogens is 1. The van der Waals surface area contributed by atoms with Crippen molar-refractivity contribution in [1.82, 2.24) is 19.9 Å². The van der Waals surface area contributed by atoms with Crippen LogP contribution in [-0.4, -0.2) is 58.6 Å². The fraction of sp³-hybridized carbons (Fsp3) is 0.435. The van der Waals surface area contributed by atoms with Crippen molar-refractivity contribution >= 4 is 28.4 Å². The molecule has 0 aromatic carbocycles. The van der Waals surface area contributed by atoms with E-state index in [9.17, 15) is 4.79 Å². The minimum atomic E-state index is -0.556. The van der Waals surface area contributed by atoms with Crippen LogP contribution in [0, 0.1) is 5.82 Å². The van der Waals surface area contributed by atoms with Crippen LogP contribution in [0.1, 0.15) is 47.2 Å². The lowest BCUT2D eigenvalue weighted by Crippen LogP contribution is -2.37. The van der Waals surface area contributed by atoms with Crippen molar-refractivity contribution in [2.75, 3.05) is 43.5 Å². The number of nitrogens with two attached hydrogens (primary N) is 1. The predicted molar refractivity (Wildman–Crippen MR) is 121 cm³/mol. The number of hydrogen-bond donors (Lipinski definition) is 2. The number of aromatic amines is 1. The molecule has 1 unspecified atom stereocenters. The Morgan fingerprint density at radius 1 is 1.27 bits per heavy atom. The minimum absolute atomic E-state index is 0.231. The summed E-state index contributed by atoms with van der Waals surface area (Å²) in [6, 6.07) is 2.62. The molecule has 2 aliphatic heterocycles. The second-order valence-electron chi connectivity index (χ2n) is 8.32. The summed E-state index contributed by atoms with van der Waals surface area (Å²) in [5.41, 5.74) is 10.5. The van der Waals surface area contributed by atoms with E-state index in [4.69, 9.17) is 15.2 Å². The summed E-state index contributed by atoms with van der Waals surface area (Å²) in [6.07, 6.45) is 1.66. The third kappa shape index (κ3) is 3.79. The van der Waals surface area contributed by atoms with E-state index in [-0.39, 0.29) is 11.6 Å². The van der Waals surface area contributed by atoms with Gasteiger partial charge in [-0.1, -0.05) is 0 Å². The Balaban J connectivity index is 1.42. The van der Waals surface area contributed by atoms with Gasteiger partial charge in [-0.05, 0) is 19.9 Å². The van der Waals surface area contributed by atoms with Gasteiger partial charge in [0.15, 0.2) is 0 Å². The highest BCUT2D eigenvalue weighted by Crippen LogP contribution is 2.32. The summed E-state index contributed by atoms with van der Waals surface area (Å²) >= 11 is 0. The number of anilines is 2. The summed E-state index contributed by atoms with van der Waals surface area (Å²) in [6.45, 7) is 7.48. The summed E-state index contributed by atoms with van der Waals surface area (Å²) in [4.78, 5) is 29.0. The van der Waals surface area contributed by atoms with Crippen LogP contribution in [-0.2, 0) is 22.7 Å². The van der Waals surface area contributed by atoms with E-state index in [0.29, 0.717) is 63.1 Å². The molecule has 1 amide bonds. The van der Waals surface area contributed by atoms with Gasteiger partial charge < -0.3 is 30.0 Å². The number of pyridine rings is 2. The van der Waals surface area contributed by atoms with Gasteiger partial charge in [-0.25, -0.2) is 9.37 Å². The summed E-state index contributed by atoms with van der Waals surface area (Å²) < 4.78 is 25.9. The number of amides is 1. The molecule has 1 fully saturated rings. The van der Waals surface area contributed by atoms with E-state index >= 15 is 4.39 Å². The first-order valence-electron chi connectivity index (χ1n) is 11.1. The SMILES string of the molecule is CCN(C(=O)c1cc2nc(N)c3c(c2[nH]1)COC3)C(C)c1ncc(N2CCOCC2)cc1F. The lowest BCUT2D eigenvalue weighted by atomic mass is 10.1. The molecule has 0 radical (unpaired) electrons. The highest BCUT2D eigenvalue weighted by Gasteiger charge is 2.28.